The number of nitrogens with one attached hydrogen (secondary N) is 1. The molecule has 2 aromatic rings. The summed E-state index contributed by atoms with van der Waals surface area (Å²) in [6.07, 6.45) is -4.41. The fourth-order valence-electron chi connectivity index (χ4n) is 1.90. The van der Waals surface area contributed by atoms with Crippen LogP contribution in [0.25, 0.3) is 11.3 Å². The minimum Gasteiger partial charge on any atom is -0.383 e. The summed E-state index contributed by atoms with van der Waals surface area (Å²) in [5.41, 5.74) is 5.77. The molecule has 112 valence electrons. The molecule has 8 heteroatoms. The second-order valence-electron chi connectivity index (χ2n) is 4.39. The molecule has 1 amide bonds. The van der Waals surface area contributed by atoms with Gasteiger partial charge in [0.05, 0.1) is 5.56 Å². The zero-order valence-electron chi connectivity index (χ0n) is 11.3. The maximum absolute atomic E-state index is 12.5. The Bertz CT molecular complexity index is 674. The zero-order valence-corrected chi connectivity index (χ0v) is 11.3. The third-order valence-electron chi connectivity index (χ3n) is 3.03. The van der Waals surface area contributed by atoms with Crippen LogP contribution < -0.4 is 11.1 Å². The van der Waals surface area contributed by atoms with Gasteiger partial charge in [-0.1, -0.05) is 12.1 Å². The van der Waals surface area contributed by atoms with Crippen LogP contribution in [-0.4, -0.2) is 22.7 Å². The van der Waals surface area contributed by atoms with Crippen molar-refractivity contribution in [3.8, 4) is 11.3 Å². The maximum atomic E-state index is 12.5. The largest absolute Gasteiger partial charge is 0.416 e. The van der Waals surface area contributed by atoms with Crippen molar-refractivity contribution < 1.29 is 18.0 Å². The second kappa shape index (κ2) is 5.12. The fourth-order valence-corrected chi connectivity index (χ4v) is 1.90. The smallest absolute Gasteiger partial charge is 0.383 e. The Morgan fingerprint density at radius 1 is 1.29 bits per heavy atom. The predicted octanol–water partition coefficient (Wildman–Crippen LogP) is 2.05. The topological polar surface area (TPSA) is 72.9 Å². The van der Waals surface area contributed by atoms with Crippen molar-refractivity contribution >= 4 is 11.7 Å². The van der Waals surface area contributed by atoms with Crippen LogP contribution in [0.1, 0.15) is 15.9 Å². The number of amides is 1. The van der Waals surface area contributed by atoms with Gasteiger partial charge in [-0.25, -0.2) is 0 Å². The first kappa shape index (κ1) is 14.9. The van der Waals surface area contributed by atoms with E-state index in [4.69, 9.17) is 5.73 Å². The van der Waals surface area contributed by atoms with Crippen molar-refractivity contribution in [2.75, 3.05) is 12.8 Å². The number of hydrogen-bond donors (Lipinski definition) is 2. The molecule has 2 rings (SSSR count). The van der Waals surface area contributed by atoms with E-state index >= 15 is 0 Å². The van der Waals surface area contributed by atoms with E-state index in [1.165, 1.54) is 23.9 Å². The van der Waals surface area contributed by atoms with Crippen LogP contribution in [-0.2, 0) is 13.2 Å². The normalized spacial score (nSPS) is 11.5. The van der Waals surface area contributed by atoms with E-state index < -0.39 is 17.6 Å². The van der Waals surface area contributed by atoms with E-state index in [1.54, 1.807) is 7.05 Å². The van der Waals surface area contributed by atoms with Crippen molar-refractivity contribution in [1.29, 1.82) is 0 Å². The van der Waals surface area contributed by atoms with Gasteiger partial charge in [-0.05, 0) is 12.1 Å². The number of benzene rings is 1. The Morgan fingerprint density at radius 2 is 1.86 bits per heavy atom. The highest BCUT2D eigenvalue weighted by Crippen LogP contribution is 2.32. The van der Waals surface area contributed by atoms with Gasteiger partial charge in [0.25, 0.3) is 5.91 Å². The standard InChI is InChI=1S/C13H13F3N4O/c1-18-12(21)9-10(19-20(2)11(9)17)7-3-5-8(6-4-7)13(14,15)16/h3-6H,17H2,1-2H3,(H,18,21). The van der Waals surface area contributed by atoms with Crippen molar-refractivity contribution in [3.63, 3.8) is 0 Å². The molecule has 0 spiro atoms. The first-order valence-corrected chi connectivity index (χ1v) is 5.98. The Balaban J connectivity index is 2.52. The SMILES string of the molecule is CNC(=O)c1c(-c2ccc(C(F)(F)F)cc2)nn(C)c1N. The molecular weight excluding hydrogens is 285 g/mol. The molecule has 1 aromatic carbocycles. The first-order valence-electron chi connectivity index (χ1n) is 5.98. The quantitative estimate of drug-likeness (QED) is 0.891. The maximum Gasteiger partial charge on any atom is 0.416 e. The third kappa shape index (κ3) is 2.69. The summed E-state index contributed by atoms with van der Waals surface area (Å²) in [6, 6.07) is 4.40. The molecule has 0 saturated carbocycles. The molecular formula is C13H13F3N4O. The van der Waals surface area contributed by atoms with Crippen molar-refractivity contribution in [2.24, 2.45) is 7.05 Å². The van der Waals surface area contributed by atoms with Crippen LogP contribution in [0, 0.1) is 0 Å². The highest BCUT2D eigenvalue weighted by Gasteiger charge is 2.30. The number of carbonyl (C=O) groups excluding carboxylic acids is 1. The number of rotatable bonds is 2. The third-order valence-corrected chi connectivity index (χ3v) is 3.03. The number of alkyl halides is 3. The van der Waals surface area contributed by atoms with Crippen LogP contribution in [0.5, 0.6) is 0 Å². The summed E-state index contributed by atoms with van der Waals surface area (Å²) >= 11 is 0. The average Bonchev–Trinajstić information content (AvgIpc) is 2.73. The Morgan fingerprint density at radius 3 is 2.33 bits per heavy atom. The average molecular weight is 298 g/mol. The number of carbonyl (C=O) groups is 1. The molecule has 0 unspecified atom stereocenters. The molecule has 1 aromatic heterocycles. The number of nitrogen functional groups attached to an aromatic ring is 1. The van der Waals surface area contributed by atoms with E-state index in [1.807, 2.05) is 0 Å². The van der Waals surface area contributed by atoms with Gasteiger partial charge in [0, 0.05) is 19.7 Å². The lowest BCUT2D eigenvalue weighted by Gasteiger charge is -2.07. The van der Waals surface area contributed by atoms with E-state index in [0.29, 0.717) is 5.56 Å². The molecule has 5 nitrogen and oxygen atoms in total. The van der Waals surface area contributed by atoms with E-state index in [-0.39, 0.29) is 17.1 Å². The zero-order chi connectivity index (χ0) is 15.8. The van der Waals surface area contributed by atoms with Crippen molar-refractivity contribution in [1.82, 2.24) is 15.1 Å². The lowest BCUT2D eigenvalue weighted by molar-refractivity contribution is -0.137. The van der Waals surface area contributed by atoms with Gasteiger partial charge in [-0.3, -0.25) is 9.48 Å². The van der Waals surface area contributed by atoms with Gasteiger partial charge < -0.3 is 11.1 Å². The summed E-state index contributed by atoms with van der Waals surface area (Å²) < 4.78 is 38.9. The summed E-state index contributed by atoms with van der Waals surface area (Å²) in [4.78, 5) is 11.8. The summed E-state index contributed by atoms with van der Waals surface area (Å²) in [7, 11) is 2.99. The molecule has 3 N–H and O–H groups in total. The highest BCUT2D eigenvalue weighted by atomic mass is 19.4. The van der Waals surface area contributed by atoms with E-state index in [2.05, 4.69) is 10.4 Å². The van der Waals surface area contributed by atoms with Gasteiger partial charge in [0.15, 0.2) is 0 Å². The lowest BCUT2D eigenvalue weighted by Crippen LogP contribution is -2.19. The fraction of sp³-hybridized carbons (Fsp3) is 0.231. The summed E-state index contributed by atoms with van der Waals surface area (Å²) in [5.74, 6) is -0.306. The number of anilines is 1. The predicted molar refractivity (Wildman–Crippen MR) is 71.4 cm³/mol. The minimum absolute atomic E-state index is 0.139. The van der Waals surface area contributed by atoms with Crippen molar-refractivity contribution in [3.05, 3.63) is 35.4 Å². The van der Waals surface area contributed by atoms with E-state index in [9.17, 15) is 18.0 Å². The molecule has 21 heavy (non-hydrogen) atoms. The molecule has 0 saturated heterocycles. The molecule has 0 aliphatic heterocycles. The first-order chi connectivity index (χ1) is 9.75. The van der Waals surface area contributed by atoms with Crippen LogP contribution in [0.2, 0.25) is 0 Å². The Kier molecular flexibility index (Phi) is 3.63. The van der Waals surface area contributed by atoms with Crippen LogP contribution in [0.15, 0.2) is 24.3 Å². The minimum atomic E-state index is -4.41. The Hall–Kier alpha value is -2.51. The molecule has 0 radical (unpaired) electrons. The summed E-state index contributed by atoms with van der Waals surface area (Å²) in [5, 5.41) is 6.52. The van der Waals surface area contributed by atoms with Gasteiger partial charge in [-0.15, -0.1) is 0 Å². The number of nitrogens with zero attached hydrogens (tertiary/aromatic N) is 2. The lowest BCUT2D eigenvalue weighted by atomic mass is 10.0. The monoisotopic (exact) mass is 298 g/mol. The van der Waals surface area contributed by atoms with Gasteiger partial charge >= 0.3 is 6.18 Å². The molecule has 0 fully saturated rings. The number of halogens is 3. The number of hydrogen-bond acceptors (Lipinski definition) is 3. The van der Waals surface area contributed by atoms with Gasteiger partial charge in [0.2, 0.25) is 0 Å². The Labute approximate surface area is 118 Å². The van der Waals surface area contributed by atoms with Crippen LogP contribution in [0.4, 0.5) is 19.0 Å². The van der Waals surface area contributed by atoms with Crippen molar-refractivity contribution in [2.45, 2.75) is 6.18 Å². The van der Waals surface area contributed by atoms with E-state index in [0.717, 1.165) is 12.1 Å². The molecule has 0 aliphatic rings. The molecule has 0 aliphatic carbocycles. The van der Waals surface area contributed by atoms with Crippen LogP contribution >= 0.6 is 0 Å². The molecule has 0 bridgehead atoms. The number of nitrogens with two attached hydrogens (primary N) is 1. The highest BCUT2D eigenvalue weighted by molar-refractivity contribution is 6.04. The van der Waals surface area contributed by atoms with Gasteiger partial charge in [0.1, 0.15) is 17.1 Å². The van der Waals surface area contributed by atoms with Crippen LogP contribution in [0.3, 0.4) is 0 Å². The summed E-state index contributed by atoms with van der Waals surface area (Å²) in [6.45, 7) is 0. The van der Waals surface area contributed by atoms with Gasteiger partial charge in [-0.2, -0.15) is 18.3 Å². The number of aryl methyl sites for hydroxylation is 1. The molecule has 1 heterocycles. The molecule has 0 atom stereocenters. The second-order valence-corrected chi connectivity index (χ2v) is 4.39. The number of aromatic nitrogens is 2.